The van der Waals surface area contributed by atoms with Gasteiger partial charge in [0.25, 0.3) is 5.91 Å². The molecule has 0 bridgehead atoms. The summed E-state index contributed by atoms with van der Waals surface area (Å²) in [6.07, 6.45) is 4.23. The van der Waals surface area contributed by atoms with E-state index in [4.69, 9.17) is 4.74 Å². The number of hydrogen-bond donors (Lipinski definition) is 2. The van der Waals surface area contributed by atoms with Gasteiger partial charge in [0.15, 0.2) is 0 Å². The molecule has 3 heterocycles. The van der Waals surface area contributed by atoms with E-state index in [1.165, 1.54) is 5.56 Å². The number of nitrogens with zero attached hydrogens (tertiary/aromatic N) is 1. The average Bonchev–Trinajstić information content (AvgIpc) is 3.22. The third kappa shape index (κ3) is 2.95. The third-order valence-electron chi connectivity index (χ3n) is 5.60. The molecular weight excluding hydrogens is 362 g/mol. The molecular formula is C24H21N3O2. The maximum absolute atomic E-state index is 13.3. The van der Waals surface area contributed by atoms with Crippen LogP contribution in [0.2, 0.25) is 0 Å². The van der Waals surface area contributed by atoms with Crippen LogP contribution in [-0.2, 0) is 5.54 Å². The number of aromatic amines is 1. The van der Waals surface area contributed by atoms with E-state index in [2.05, 4.69) is 46.5 Å². The molecule has 0 saturated carbocycles. The molecule has 2 aromatic carbocycles. The van der Waals surface area contributed by atoms with E-state index in [0.717, 1.165) is 22.2 Å². The fraction of sp³-hybridized carbons (Fsp3) is 0.167. The molecule has 1 aliphatic rings. The molecule has 29 heavy (non-hydrogen) atoms. The SMILES string of the molecule is Cc1ccc([C@@]2(NC(=O)c3ccc4cc[nH]c4c3)CCOc3cccnc32)cc1. The quantitative estimate of drug-likeness (QED) is 0.553. The topological polar surface area (TPSA) is 67.0 Å². The highest BCUT2D eigenvalue weighted by atomic mass is 16.5. The molecule has 1 amide bonds. The van der Waals surface area contributed by atoms with Crippen molar-refractivity contribution < 1.29 is 9.53 Å². The number of amides is 1. The first-order chi connectivity index (χ1) is 14.2. The molecule has 0 aliphatic carbocycles. The number of nitrogens with one attached hydrogen (secondary N) is 2. The van der Waals surface area contributed by atoms with Crippen molar-refractivity contribution in [3.8, 4) is 5.75 Å². The lowest BCUT2D eigenvalue weighted by molar-refractivity contribution is 0.0884. The molecule has 0 saturated heterocycles. The molecule has 144 valence electrons. The summed E-state index contributed by atoms with van der Waals surface area (Å²) >= 11 is 0. The molecule has 5 rings (SSSR count). The summed E-state index contributed by atoms with van der Waals surface area (Å²) in [7, 11) is 0. The molecule has 4 aromatic rings. The van der Waals surface area contributed by atoms with Gasteiger partial charge in [-0.25, -0.2) is 0 Å². The van der Waals surface area contributed by atoms with Crippen molar-refractivity contribution in [2.24, 2.45) is 0 Å². The summed E-state index contributed by atoms with van der Waals surface area (Å²) in [5.74, 6) is 0.569. The van der Waals surface area contributed by atoms with E-state index in [0.29, 0.717) is 24.3 Å². The molecule has 0 fully saturated rings. The number of carbonyl (C=O) groups excluding carboxylic acids is 1. The first-order valence-electron chi connectivity index (χ1n) is 9.71. The smallest absolute Gasteiger partial charge is 0.252 e. The van der Waals surface area contributed by atoms with Crippen LogP contribution in [0.1, 0.15) is 33.6 Å². The second-order valence-corrected chi connectivity index (χ2v) is 7.45. The molecule has 5 nitrogen and oxygen atoms in total. The summed E-state index contributed by atoms with van der Waals surface area (Å²) in [5.41, 5.74) is 3.71. The number of benzene rings is 2. The van der Waals surface area contributed by atoms with Gasteiger partial charge in [0.2, 0.25) is 0 Å². The highest BCUT2D eigenvalue weighted by Crippen LogP contribution is 2.40. The predicted octanol–water partition coefficient (Wildman–Crippen LogP) is 4.33. The summed E-state index contributed by atoms with van der Waals surface area (Å²) < 4.78 is 5.84. The van der Waals surface area contributed by atoms with Gasteiger partial charge in [0, 0.05) is 29.9 Å². The van der Waals surface area contributed by atoms with Crippen LogP contribution in [0.4, 0.5) is 0 Å². The van der Waals surface area contributed by atoms with Crippen LogP contribution in [-0.4, -0.2) is 22.5 Å². The third-order valence-corrected chi connectivity index (χ3v) is 5.60. The zero-order valence-corrected chi connectivity index (χ0v) is 16.1. The van der Waals surface area contributed by atoms with Gasteiger partial charge in [0.05, 0.1) is 6.61 Å². The van der Waals surface area contributed by atoms with Crippen molar-refractivity contribution in [1.82, 2.24) is 15.3 Å². The van der Waals surface area contributed by atoms with E-state index >= 15 is 0 Å². The van der Waals surface area contributed by atoms with Crippen LogP contribution >= 0.6 is 0 Å². The summed E-state index contributed by atoms with van der Waals surface area (Å²) in [6, 6.07) is 19.7. The minimum Gasteiger partial charge on any atom is -0.491 e. The van der Waals surface area contributed by atoms with E-state index in [1.54, 1.807) is 6.20 Å². The Morgan fingerprint density at radius 1 is 1.14 bits per heavy atom. The zero-order chi connectivity index (χ0) is 19.8. The van der Waals surface area contributed by atoms with Crippen molar-refractivity contribution in [3.63, 3.8) is 0 Å². The van der Waals surface area contributed by atoms with Gasteiger partial charge >= 0.3 is 0 Å². The number of H-pyrrole nitrogens is 1. The van der Waals surface area contributed by atoms with E-state index < -0.39 is 5.54 Å². The Balaban J connectivity index is 1.61. The minimum atomic E-state index is -0.746. The van der Waals surface area contributed by atoms with Crippen LogP contribution < -0.4 is 10.1 Å². The molecule has 1 aliphatic heterocycles. The largest absolute Gasteiger partial charge is 0.491 e. The Hall–Kier alpha value is -3.60. The number of aryl methyl sites for hydroxylation is 1. The number of carbonyl (C=O) groups is 1. The number of pyridine rings is 1. The Morgan fingerprint density at radius 2 is 2.00 bits per heavy atom. The molecule has 5 heteroatoms. The Labute approximate surface area is 168 Å². The second kappa shape index (κ2) is 6.78. The first-order valence-corrected chi connectivity index (χ1v) is 9.71. The zero-order valence-electron chi connectivity index (χ0n) is 16.1. The second-order valence-electron chi connectivity index (χ2n) is 7.45. The monoisotopic (exact) mass is 383 g/mol. The Bertz CT molecular complexity index is 1200. The van der Waals surface area contributed by atoms with Crippen LogP contribution in [0.5, 0.6) is 5.75 Å². The van der Waals surface area contributed by atoms with Gasteiger partial charge in [0.1, 0.15) is 17.0 Å². The summed E-state index contributed by atoms with van der Waals surface area (Å²) in [5, 5.41) is 4.38. The molecule has 2 N–H and O–H groups in total. The van der Waals surface area contributed by atoms with E-state index in [-0.39, 0.29) is 5.91 Å². The summed E-state index contributed by atoms with van der Waals surface area (Å²) in [4.78, 5) is 21.1. The fourth-order valence-electron chi connectivity index (χ4n) is 4.03. The van der Waals surface area contributed by atoms with Crippen molar-refractivity contribution in [2.45, 2.75) is 18.9 Å². The number of ether oxygens (including phenoxy) is 1. The fourth-order valence-corrected chi connectivity index (χ4v) is 4.03. The number of aromatic nitrogens is 2. The number of fused-ring (bicyclic) bond motifs is 2. The maximum Gasteiger partial charge on any atom is 0.252 e. The van der Waals surface area contributed by atoms with E-state index in [9.17, 15) is 4.79 Å². The van der Waals surface area contributed by atoms with Crippen molar-refractivity contribution in [3.05, 3.63) is 95.4 Å². The molecule has 1 atom stereocenters. The first kappa shape index (κ1) is 17.5. The number of hydrogen-bond acceptors (Lipinski definition) is 3. The number of rotatable bonds is 3. The van der Waals surface area contributed by atoms with Crippen LogP contribution in [0.25, 0.3) is 10.9 Å². The summed E-state index contributed by atoms with van der Waals surface area (Å²) in [6.45, 7) is 2.55. The average molecular weight is 383 g/mol. The van der Waals surface area contributed by atoms with Crippen LogP contribution in [0.15, 0.2) is 73.1 Å². The van der Waals surface area contributed by atoms with E-state index in [1.807, 2.05) is 42.6 Å². The normalized spacial score (nSPS) is 18.1. The van der Waals surface area contributed by atoms with Crippen molar-refractivity contribution in [2.75, 3.05) is 6.61 Å². The van der Waals surface area contributed by atoms with Crippen molar-refractivity contribution in [1.29, 1.82) is 0 Å². The lowest BCUT2D eigenvalue weighted by Gasteiger charge is -2.39. The molecule has 2 aromatic heterocycles. The van der Waals surface area contributed by atoms with Gasteiger partial charge in [-0.05, 0) is 48.2 Å². The van der Waals surface area contributed by atoms with Gasteiger partial charge in [-0.15, -0.1) is 0 Å². The molecule has 0 unspecified atom stereocenters. The van der Waals surface area contributed by atoms with Gasteiger partial charge in [-0.2, -0.15) is 0 Å². The van der Waals surface area contributed by atoms with Crippen LogP contribution in [0.3, 0.4) is 0 Å². The minimum absolute atomic E-state index is 0.138. The Kier molecular flexibility index (Phi) is 4.09. The highest BCUT2D eigenvalue weighted by molar-refractivity contribution is 5.98. The lowest BCUT2D eigenvalue weighted by Crippen LogP contribution is -2.50. The maximum atomic E-state index is 13.3. The van der Waals surface area contributed by atoms with Gasteiger partial charge < -0.3 is 15.0 Å². The van der Waals surface area contributed by atoms with Crippen LogP contribution in [0, 0.1) is 6.92 Å². The van der Waals surface area contributed by atoms with Gasteiger partial charge in [-0.1, -0.05) is 35.9 Å². The van der Waals surface area contributed by atoms with Gasteiger partial charge in [-0.3, -0.25) is 9.78 Å². The lowest BCUT2D eigenvalue weighted by atomic mass is 9.81. The standard InChI is InChI=1S/C24H21N3O2/c1-16-4-8-19(9-5-16)24(11-14-29-21-3-2-12-26-22(21)24)27-23(28)18-7-6-17-10-13-25-20(17)15-18/h2-10,12-13,15,25H,11,14H2,1H3,(H,27,28)/t24-/m0/s1. The highest BCUT2D eigenvalue weighted by Gasteiger charge is 2.42. The predicted molar refractivity (Wildman–Crippen MR) is 112 cm³/mol. The molecule has 0 spiro atoms. The molecule has 0 radical (unpaired) electrons. The van der Waals surface area contributed by atoms with Crippen molar-refractivity contribution >= 4 is 16.8 Å². The Morgan fingerprint density at radius 3 is 2.86 bits per heavy atom.